The number of rotatable bonds is 4. The van der Waals surface area contributed by atoms with Crippen LogP contribution in [0, 0.1) is 5.92 Å². The molecule has 3 fully saturated rings. The lowest BCUT2D eigenvalue weighted by Gasteiger charge is -2.59. The highest BCUT2D eigenvalue weighted by Crippen LogP contribution is 2.43. The van der Waals surface area contributed by atoms with Crippen molar-refractivity contribution in [3.8, 4) is 11.1 Å². The molecule has 5 rings (SSSR count). The molecular formula is C24H27N3O4. The lowest BCUT2D eigenvalue weighted by atomic mass is 9.73. The quantitative estimate of drug-likeness (QED) is 0.812. The zero-order valence-corrected chi connectivity index (χ0v) is 17.4. The van der Waals surface area contributed by atoms with Crippen LogP contribution in [0.5, 0.6) is 0 Å². The Hall–Kier alpha value is -2.77. The second kappa shape index (κ2) is 8.40. The van der Waals surface area contributed by atoms with Crippen LogP contribution in [-0.4, -0.2) is 76.7 Å². The van der Waals surface area contributed by atoms with E-state index < -0.39 is 0 Å². The predicted molar refractivity (Wildman–Crippen MR) is 114 cm³/mol. The number of nitrogens with zero attached hydrogens (tertiary/aromatic N) is 3. The minimum Gasteiger partial charge on any atom is -0.394 e. The number of aliphatic hydroxyl groups is 1. The summed E-state index contributed by atoms with van der Waals surface area (Å²) in [5, 5.41) is 9.99. The zero-order chi connectivity index (χ0) is 21.4. The Morgan fingerprint density at radius 1 is 1.13 bits per heavy atom. The molecule has 1 aromatic heterocycles. The first kappa shape index (κ1) is 20.2. The number of aliphatic hydroxyl groups excluding tert-OH is 1. The third kappa shape index (κ3) is 3.62. The summed E-state index contributed by atoms with van der Waals surface area (Å²) in [5.74, 6) is -0.0467. The van der Waals surface area contributed by atoms with Crippen molar-refractivity contribution in [2.75, 3.05) is 32.9 Å². The first-order valence-electron chi connectivity index (χ1n) is 11.0. The Morgan fingerprint density at radius 3 is 2.58 bits per heavy atom. The largest absolute Gasteiger partial charge is 0.394 e. The van der Waals surface area contributed by atoms with Crippen molar-refractivity contribution >= 4 is 11.8 Å². The van der Waals surface area contributed by atoms with Gasteiger partial charge in [0.25, 0.3) is 0 Å². The van der Waals surface area contributed by atoms with Crippen LogP contribution in [0.25, 0.3) is 11.1 Å². The van der Waals surface area contributed by atoms with Gasteiger partial charge in [0.1, 0.15) is 0 Å². The molecule has 0 radical (unpaired) electrons. The minimum absolute atomic E-state index is 0.0159. The summed E-state index contributed by atoms with van der Waals surface area (Å²) >= 11 is 0. The van der Waals surface area contributed by atoms with Gasteiger partial charge in [0, 0.05) is 44.0 Å². The van der Waals surface area contributed by atoms with Crippen molar-refractivity contribution in [2.45, 2.75) is 30.8 Å². The van der Waals surface area contributed by atoms with Crippen molar-refractivity contribution in [3.63, 3.8) is 0 Å². The molecule has 0 saturated carbocycles. The Morgan fingerprint density at radius 2 is 1.90 bits per heavy atom. The predicted octanol–water partition coefficient (Wildman–Crippen LogP) is 1.67. The summed E-state index contributed by atoms with van der Waals surface area (Å²) in [6.07, 6.45) is 5.02. The molecule has 162 valence electrons. The topological polar surface area (TPSA) is 83.0 Å². The standard InChI is InChI=1S/C24H27N3O4/c28-15-21-23(17-5-3-16(4-6-17)19-2-1-9-25-12-19)20-13-26(14-22(29)27(20)21)24(30)18-7-10-31-11-8-18/h1-6,9,12,18,20-21,23,28H,7-8,10-11,13-15H2/t20-,21+,23-/m0/s1. The Labute approximate surface area is 181 Å². The highest BCUT2D eigenvalue weighted by atomic mass is 16.5. The molecule has 3 aliphatic heterocycles. The normalized spacial score (nSPS) is 26.4. The Bertz CT molecular complexity index is 943. The van der Waals surface area contributed by atoms with Crippen molar-refractivity contribution in [2.24, 2.45) is 5.92 Å². The van der Waals surface area contributed by atoms with Gasteiger partial charge < -0.3 is 19.6 Å². The van der Waals surface area contributed by atoms with Gasteiger partial charge in [-0.05, 0) is 35.6 Å². The maximum Gasteiger partial charge on any atom is 0.242 e. The molecule has 7 nitrogen and oxygen atoms in total. The van der Waals surface area contributed by atoms with E-state index in [1.807, 2.05) is 18.3 Å². The average Bonchev–Trinajstić information content (AvgIpc) is 2.81. The van der Waals surface area contributed by atoms with E-state index in [1.165, 1.54) is 0 Å². The number of aromatic nitrogens is 1. The number of fused-ring (bicyclic) bond motifs is 1. The van der Waals surface area contributed by atoms with Gasteiger partial charge in [-0.15, -0.1) is 0 Å². The zero-order valence-electron chi connectivity index (χ0n) is 17.4. The molecule has 3 aliphatic rings. The highest BCUT2D eigenvalue weighted by Gasteiger charge is 2.54. The first-order chi connectivity index (χ1) is 15.2. The molecule has 4 heterocycles. The Balaban J connectivity index is 1.35. The van der Waals surface area contributed by atoms with Gasteiger partial charge >= 0.3 is 0 Å². The number of pyridine rings is 1. The monoisotopic (exact) mass is 421 g/mol. The molecule has 0 aliphatic carbocycles. The van der Waals surface area contributed by atoms with E-state index in [4.69, 9.17) is 4.74 Å². The summed E-state index contributed by atoms with van der Waals surface area (Å²) in [6.45, 7) is 1.76. The number of piperazine rings is 1. The van der Waals surface area contributed by atoms with Crippen molar-refractivity contribution in [1.82, 2.24) is 14.8 Å². The SMILES string of the molecule is O=C(C1CCOCC1)N1CC(=O)N2[C@H](CO)[C@@H](c3ccc(-c4cccnc4)cc3)[C@@H]2C1. The van der Waals surface area contributed by atoms with Gasteiger partial charge in [0.15, 0.2) is 0 Å². The molecule has 0 unspecified atom stereocenters. The number of carbonyl (C=O) groups is 2. The maximum absolute atomic E-state index is 13.0. The van der Waals surface area contributed by atoms with E-state index in [-0.39, 0.29) is 48.9 Å². The number of hydrogen-bond donors (Lipinski definition) is 1. The lowest BCUT2D eigenvalue weighted by Crippen LogP contribution is -2.73. The highest BCUT2D eigenvalue weighted by molar-refractivity contribution is 5.88. The summed E-state index contributed by atoms with van der Waals surface area (Å²) in [5.41, 5.74) is 3.20. The molecule has 31 heavy (non-hydrogen) atoms. The average molecular weight is 421 g/mol. The van der Waals surface area contributed by atoms with Crippen LogP contribution in [0.1, 0.15) is 24.3 Å². The Kier molecular flexibility index (Phi) is 5.46. The summed E-state index contributed by atoms with van der Waals surface area (Å²) < 4.78 is 5.38. The van der Waals surface area contributed by atoms with Crippen molar-refractivity contribution < 1.29 is 19.4 Å². The molecule has 7 heteroatoms. The lowest BCUT2D eigenvalue weighted by molar-refractivity contribution is -0.169. The summed E-state index contributed by atoms with van der Waals surface area (Å²) in [7, 11) is 0. The van der Waals surface area contributed by atoms with E-state index in [1.54, 1.807) is 16.0 Å². The van der Waals surface area contributed by atoms with Crippen LogP contribution in [0.3, 0.4) is 0 Å². The number of ether oxygens (including phenoxy) is 1. The fraction of sp³-hybridized carbons (Fsp3) is 0.458. The maximum atomic E-state index is 13.0. The van der Waals surface area contributed by atoms with Crippen LogP contribution < -0.4 is 0 Å². The first-order valence-corrected chi connectivity index (χ1v) is 11.0. The van der Waals surface area contributed by atoms with Crippen LogP contribution in [0.15, 0.2) is 48.8 Å². The minimum atomic E-state index is -0.234. The van der Waals surface area contributed by atoms with Crippen molar-refractivity contribution in [3.05, 3.63) is 54.4 Å². The molecule has 0 bridgehead atoms. The van der Waals surface area contributed by atoms with Crippen LogP contribution in [0.4, 0.5) is 0 Å². The van der Waals surface area contributed by atoms with Crippen LogP contribution >= 0.6 is 0 Å². The summed E-state index contributed by atoms with van der Waals surface area (Å²) in [4.78, 5) is 33.5. The van der Waals surface area contributed by atoms with Crippen LogP contribution in [-0.2, 0) is 14.3 Å². The van der Waals surface area contributed by atoms with Crippen molar-refractivity contribution in [1.29, 1.82) is 0 Å². The van der Waals surface area contributed by atoms with Gasteiger partial charge in [0.05, 0.1) is 25.2 Å². The molecule has 2 aromatic rings. The fourth-order valence-corrected chi connectivity index (χ4v) is 5.30. The number of amides is 2. The third-order valence-corrected chi connectivity index (χ3v) is 6.92. The van der Waals surface area contributed by atoms with E-state index in [0.717, 1.165) is 29.5 Å². The number of benzene rings is 1. The number of hydrogen-bond acceptors (Lipinski definition) is 5. The van der Waals surface area contributed by atoms with Gasteiger partial charge in [0.2, 0.25) is 11.8 Å². The van der Waals surface area contributed by atoms with Crippen LogP contribution in [0.2, 0.25) is 0 Å². The second-order valence-corrected chi connectivity index (χ2v) is 8.61. The van der Waals surface area contributed by atoms with Gasteiger partial charge in [-0.1, -0.05) is 30.3 Å². The van der Waals surface area contributed by atoms with E-state index in [2.05, 4.69) is 29.2 Å². The molecule has 2 amide bonds. The smallest absolute Gasteiger partial charge is 0.242 e. The molecule has 3 atom stereocenters. The molecule has 0 spiro atoms. The fourth-order valence-electron chi connectivity index (χ4n) is 5.30. The van der Waals surface area contributed by atoms with Gasteiger partial charge in [-0.25, -0.2) is 0 Å². The van der Waals surface area contributed by atoms with Gasteiger partial charge in [-0.3, -0.25) is 14.6 Å². The van der Waals surface area contributed by atoms with E-state index >= 15 is 0 Å². The molecule has 1 aromatic carbocycles. The molecule has 1 N–H and O–H groups in total. The number of carbonyl (C=O) groups excluding carboxylic acids is 2. The van der Waals surface area contributed by atoms with Gasteiger partial charge in [-0.2, -0.15) is 0 Å². The second-order valence-electron chi connectivity index (χ2n) is 8.61. The summed E-state index contributed by atoms with van der Waals surface area (Å²) in [6, 6.07) is 11.8. The molecule has 3 saturated heterocycles. The van der Waals surface area contributed by atoms with E-state index in [9.17, 15) is 14.7 Å². The molecular weight excluding hydrogens is 394 g/mol. The van der Waals surface area contributed by atoms with E-state index in [0.29, 0.717) is 19.8 Å². The third-order valence-electron chi connectivity index (χ3n) is 6.92.